The van der Waals surface area contributed by atoms with Gasteiger partial charge in [-0.3, -0.25) is 4.79 Å². The first-order valence-corrected chi connectivity index (χ1v) is 8.64. The van der Waals surface area contributed by atoms with Gasteiger partial charge in [-0.1, -0.05) is 12.1 Å². The van der Waals surface area contributed by atoms with Gasteiger partial charge in [-0.25, -0.2) is 9.97 Å². The van der Waals surface area contributed by atoms with E-state index in [4.69, 9.17) is 9.47 Å². The number of nitrogens with one attached hydrogen (secondary N) is 1. The van der Waals surface area contributed by atoms with Crippen molar-refractivity contribution in [3.05, 3.63) is 47.0 Å². The minimum Gasteiger partial charge on any atom is -0.493 e. The van der Waals surface area contributed by atoms with E-state index in [1.807, 2.05) is 24.4 Å². The van der Waals surface area contributed by atoms with E-state index in [1.54, 1.807) is 7.11 Å². The maximum Gasteiger partial charge on any atom is 0.227 e. The van der Waals surface area contributed by atoms with Gasteiger partial charge in [0.25, 0.3) is 0 Å². The molecular formula is C19H21N3O3. The normalized spacial score (nSPS) is 18.0. The van der Waals surface area contributed by atoms with Gasteiger partial charge in [0.1, 0.15) is 12.4 Å². The molecule has 1 aromatic heterocycles. The molecule has 1 N–H and O–H groups in total. The molecule has 0 spiro atoms. The number of rotatable bonds is 4. The van der Waals surface area contributed by atoms with Crippen LogP contribution >= 0.6 is 0 Å². The molecule has 1 aliphatic heterocycles. The van der Waals surface area contributed by atoms with E-state index in [1.165, 1.54) is 5.56 Å². The van der Waals surface area contributed by atoms with Crippen LogP contribution in [0.1, 0.15) is 29.1 Å². The Bertz CT molecular complexity index is 806. The summed E-state index contributed by atoms with van der Waals surface area (Å²) in [6.45, 7) is 0.706. The fraction of sp³-hybridized carbons (Fsp3) is 0.421. The van der Waals surface area contributed by atoms with Gasteiger partial charge < -0.3 is 14.8 Å². The molecule has 4 rings (SSSR count). The van der Waals surface area contributed by atoms with Gasteiger partial charge in [-0.2, -0.15) is 0 Å². The van der Waals surface area contributed by atoms with Crippen LogP contribution in [0.4, 0.5) is 0 Å². The number of ether oxygens (including phenoxy) is 2. The first kappa shape index (κ1) is 15.9. The van der Waals surface area contributed by atoms with Crippen molar-refractivity contribution in [3.8, 4) is 11.5 Å². The van der Waals surface area contributed by atoms with Crippen molar-refractivity contribution in [2.75, 3.05) is 13.7 Å². The van der Waals surface area contributed by atoms with Crippen LogP contribution in [-0.4, -0.2) is 29.6 Å². The van der Waals surface area contributed by atoms with Gasteiger partial charge in [0.05, 0.1) is 19.6 Å². The molecule has 2 heterocycles. The number of carbonyl (C=O) groups excluding carboxylic acids is 1. The van der Waals surface area contributed by atoms with Gasteiger partial charge in [-0.15, -0.1) is 0 Å². The number of benzene rings is 1. The van der Waals surface area contributed by atoms with Gasteiger partial charge in [0, 0.05) is 11.9 Å². The molecule has 0 bridgehead atoms. The molecule has 0 unspecified atom stereocenters. The van der Waals surface area contributed by atoms with E-state index in [-0.39, 0.29) is 11.8 Å². The van der Waals surface area contributed by atoms with Crippen molar-refractivity contribution in [2.45, 2.75) is 32.2 Å². The third-order valence-corrected chi connectivity index (χ3v) is 4.83. The van der Waals surface area contributed by atoms with Crippen molar-refractivity contribution in [2.24, 2.45) is 5.92 Å². The number of hydrogen-bond acceptors (Lipinski definition) is 5. The Labute approximate surface area is 146 Å². The summed E-state index contributed by atoms with van der Waals surface area (Å²) in [5.74, 6) is 1.89. The third kappa shape index (κ3) is 3.16. The van der Waals surface area contributed by atoms with Crippen LogP contribution in [-0.2, 0) is 30.6 Å². The zero-order chi connectivity index (χ0) is 17.2. The van der Waals surface area contributed by atoms with Crippen LogP contribution in [0.15, 0.2) is 24.4 Å². The summed E-state index contributed by atoms with van der Waals surface area (Å²) in [6.07, 6.45) is 5.74. The molecule has 2 aliphatic rings. The van der Waals surface area contributed by atoms with Gasteiger partial charge in [0.2, 0.25) is 5.91 Å². The SMILES string of the molecule is COc1cccc2c1OC[C@H](C(=O)NCc1ncc3c(n1)CCC3)C2. The summed E-state index contributed by atoms with van der Waals surface area (Å²) in [5, 5.41) is 2.94. The summed E-state index contributed by atoms with van der Waals surface area (Å²) in [7, 11) is 1.62. The summed E-state index contributed by atoms with van der Waals surface area (Å²) in [4.78, 5) is 21.4. The second-order valence-electron chi connectivity index (χ2n) is 6.49. The van der Waals surface area contributed by atoms with E-state index >= 15 is 0 Å². The van der Waals surface area contributed by atoms with Crippen molar-refractivity contribution >= 4 is 5.91 Å². The highest BCUT2D eigenvalue weighted by atomic mass is 16.5. The molecule has 2 aromatic rings. The van der Waals surface area contributed by atoms with Gasteiger partial charge >= 0.3 is 0 Å². The molecule has 6 heteroatoms. The summed E-state index contributed by atoms with van der Waals surface area (Å²) >= 11 is 0. The fourth-order valence-corrected chi connectivity index (χ4v) is 3.47. The molecule has 130 valence electrons. The van der Waals surface area contributed by atoms with Crippen LogP contribution in [0.5, 0.6) is 11.5 Å². The average molecular weight is 339 g/mol. The molecule has 1 aliphatic carbocycles. The summed E-state index contributed by atoms with van der Waals surface area (Å²) in [5.41, 5.74) is 3.36. The monoisotopic (exact) mass is 339 g/mol. The molecule has 25 heavy (non-hydrogen) atoms. The average Bonchev–Trinajstić information content (AvgIpc) is 3.12. The van der Waals surface area contributed by atoms with Crippen LogP contribution < -0.4 is 14.8 Å². The third-order valence-electron chi connectivity index (χ3n) is 4.83. The molecule has 1 atom stereocenters. The van der Waals surface area contributed by atoms with Crippen molar-refractivity contribution in [1.29, 1.82) is 0 Å². The number of para-hydroxylation sites is 1. The van der Waals surface area contributed by atoms with E-state index in [0.29, 0.717) is 31.1 Å². The quantitative estimate of drug-likeness (QED) is 0.920. The number of aryl methyl sites for hydroxylation is 2. The Kier molecular flexibility index (Phi) is 4.26. The Morgan fingerprint density at radius 2 is 2.28 bits per heavy atom. The zero-order valence-electron chi connectivity index (χ0n) is 14.2. The van der Waals surface area contributed by atoms with Crippen molar-refractivity contribution in [1.82, 2.24) is 15.3 Å². The van der Waals surface area contributed by atoms with Gasteiger partial charge in [0.15, 0.2) is 11.5 Å². The lowest BCUT2D eigenvalue weighted by Crippen LogP contribution is -2.37. The van der Waals surface area contributed by atoms with E-state index in [2.05, 4.69) is 15.3 Å². The summed E-state index contributed by atoms with van der Waals surface area (Å²) in [6, 6.07) is 5.75. The maximum atomic E-state index is 12.5. The number of hydrogen-bond donors (Lipinski definition) is 1. The highest BCUT2D eigenvalue weighted by molar-refractivity contribution is 5.79. The van der Waals surface area contributed by atoms with Crippen LogP contribution in [0.25, 0.3) is 0 Å². The van der Waals surface area contributed by atoms with Crippen LogP contribution in [0.2, 0.25) is 0 Å². The number of nitrogens with zero attached hydrogens (tertiary/aromatic N) is 2. The molecule has 6 nitrogen and oxygen atoms in total. The van der Waals surface area contributed by atoms with E-state index < -0.39 is 0 Å². The molecule has 0 saturated carbocycles. The highest BCUT2D eigenvalue weighted by Gasteiger charge is 2.27. The number of aromatic nitrogens is 2. The number of methoxy groups -OCH3 is 1. The van der Waals surface area contributed by atoms with Gasteiger partial charge in [-0.05, 0) is 42.9 Å². The van der Waals surface area contributed by atoms with Crippen molar-refractivity contribution in [3.63, 3.8) is 0 Å². The van der Waals surface area contributed by atoms with Crippen LogP contribution in [0.3, 0.4) is 0 Å². The lowest BCUT2D eigenvalue weighted by molar-refractivity contribution is -0.126. The van der Waals surface area contributed by atoms with Crippen molar-refractivity contribution < 1.29 is 14.3 Å². The molecular weight excluding hydrogens is 318 g/mol. The van der Waals surface area contributed by atoms with E-state index in [9.17, 15) is 4.79 Å². The zero-order valence-corrected chi connectivity index (χ0v) is 14.2. The Morgan fingerprint density at radius 3 is 3.16 bits per heavy atom. The second-order valence-corrected chi connectivity index (χ2v) is 6.49. The largest absolute Gasteiger partial charge is 0.493 e. The number of amides is 1. The minimum absolute atomic E-state index is 0.0300. The highest BCUT2D eigenvalue weighted by Crippen LogP contribution is 2.36. The molecule has 0 fully saturated rings. The predicted molar refractivity (Wildman–Crippen MR) is 91.6 cm³/mol. The first-order chi connectivity index (χ1) is 12.2. The smallest absolute Gasteiger partial charge is 0.227 e. The molecule has 0 saturated heterocycles. The maximum absolute atomic E-state index is 12.5. The lowest BCUT2D eigenvalue weighted by Gasteiger charge is -2.25. The Balaban J connectivity index is 1.39. The minimum atomic E-state index is -0.214. The topological polar surface area (TPSA) is 73.3 Å². The first-order valence-electron chi connectivity index (χ1n) is 8.64. The Hall–Kier alpha value is -2.63. The van der Waals surface area contributed by atoms with E-state index in [0.717, 1.165) is 36.3 Å². The van der Waals surface area contributed by atoms with Crippen LogP contribution in [0, 0.1) is 5.92 Å². The lowest BCUT2D eigenvalue weighted by atomic mass is 9.95. The molecule has 0 radical (unpaired) electrons. The second kappa shape index (κ2) is 6.70. The predicted octanol–water partition coefficient (Wildman–Crippen LogP) is 1.84. The number of carbonyl (C=O) groups is 1. The summed E-state index contributed by atoms with van der Waals surface area (Å²) < 4.78 is 11.1. The fourth-order valence-electron chi connectivity index (χ4n) is 3.47. The number of fused-ring (bicyclic) bond motifs is 2. The Morgan fingerprint density at radius 1 is 1.36 bits per heavy atom. The molecule has 1 amide bonds. The molecule has 1 aromatic carbocycles. The standard InChI is InChI=1S/C19H21N3O3/c1-24-16-7-3-4-12-8-14(11-25-18(12)16)19(23)21-10-17-20-9-13-5-2-6-15(13)22-17/h3-4,7,9,14H,2,5-6,8,10-11H2,1H3,(H,21,23)/t14-/m1/s1.